The van der Waals surface area contributed by atoms with Gasteiger partial charge in [-0.15, -0.1) is 0 Å². The minimum absolute atomic E-state index is 0.232. The number of hydrogen-bond donors (Lipinski definition) is 0. The van der Waals surface area contributed by atoms with E-state index >= 15 is 0 Å². The molecule has 42 heavy (non-hydrogen) atoms. The first-order valence-electron chi connectivity index (χ1n) is 13.9. The van der Waals surface area contributed by atoms with Gasteiger partial charge in [0.25, 0.3) is 0 Å². The first-order valence-corrected chi connectivity index (χ1v) is 13.9. The van der Waals surface area contributed by atoms with Crippen LogP contribution in [0.3, 0.4) is 0 Å². The van der Waals surface area contributed by atoms with Crippen LogP contribution in [0, 0.1) is 5.82 Å². The molecule has 0 aliphatic carbocycles. The Morgan fingerprint density at radius 3 is 1.88 bits per heavy atom. The molecule has 0 saturated heterocycles. The molecule has 0 fully saturated rings. The normalized spacial score (nSPS) is 11.5. The fourth-order valence-electron chi connectivity index (χ4n) is 5.93. The van der Waals surface area contributed by atoms with Crippen LogP contribution in [0.15, 0.2) is 146 Å². The number of rotatable bonds is 4. The van der Waals surface area contributed by atoms with Gasteiger partial charge in [-0.05, 0) is 39.8 Å². The number of nitrogens with zero attached hydrogens (tertiary/aromatic N) is 3. The maximum absolute atomic E-state index is 15.0. The molecule has 0 unspecified atom stereocenters. The van der Waals surface area contributed by atoms with Gasteiger partial charge in [0.1, 0.15) is 5.82 Å². The van der Waals surface area contributed by atoms with Crippen molar-refractivity contribution in [2.24, 2.45) is 0 Å². The summed E-state index contributed by atoms with van der Waals surface area (Å²) in [5, 5.41) is 4.71. The highest BCUT2D eigenvalue weighted by Gasteiger charge is 2.16. The summed E-state index contributed by atoms with van der Waals surface area (Å²) in [6.45, 7) is 0. The smallest absolute Gasteiger partial charge is 0.234 e. The summed E-state index contributed by atoms with van der Waals surface area (Å²) in [7, 11) is 0. The first-order chi connectivity index (χ1) is 20.7. The maximum Gasteiger partial charge on any atom is 0.234 e. The van der Waals surface area contributed by atoms with Crippen molar-refractivity contribution in [3.8, 4) is 39.3 Å². The molecule has 0 spiro atoms. The highest BCUT2D eigenvalue weighted by Crippen LogP contribution is 2.36. The average molecular weight is 542 g/mol. The molecule has 0 aliphatic heterocycles. The van der Waals surface area contributed by atoms with E-state index in [0.29, 0.717) is 11.5 Å². The summed E-state index contributed by atoms with van der Waals surface area (Å²) in [4.78, 5) is 9.68. The van der Waals surface area contributed by atoms with Gasteiger partial charge in [-0.1, -0.05) is 121 Å². The van der Waals surface area contributed by atoms with Gasteiger partial charge in [0, 0.05) is 39.7 Å². The van der Waals surface area contributed by atoms with Crippen LogP contribution in [-0.2, 0) is 0 Å². The average Bonchev–Trinajstić information content (AvgIpc) is 3.40. The molecular formula is C38H24FN3. The van der Waals surface area contributed by atoms with E-state index in [1.54, 1.807) is 6.07 Å². The topological polar surface area (TPSA) is 30.7 Å². The maximum atomic E-state index is 15.0. The van der Waals surface area contributed by atoms with Crippen molar-refractivity contribution >= 4 is 32.6 Å². The lowest BCUT2D eigenvalue weighted by Gasteiger charge is -2.10. The predicted molar refractivity (Wildman–Crippen MR) is 170 cm³/mol. The second-order valence-corrected chi connectivity index (χ2v) is 10.4. The van der Waals surface area contributed by atoms with Gasteiger partial charge in [-0.25, -0.2) is 14.4 Å². The Morgan fingerprint density at radius 1 is 0.476 bits per heavy atom. The Balaban J connectivity index is 1.15. The molecule has 8 rings (SSSR count). The van der Waals surface area contributed by atoms with E-state index in [2.05, 4.69) is 65.2 Å². The monoisotopic (exact) mass is 541 g/mol. The zero-order chi connectivity index (χ0) is 28.0. The van der Waals surface area contributed by atoms with Crippen LogP contribution in [-0.4, -0.2) is 14.5 Å². The summed E-state index contributed by atoms with van der Waals surface area (Å²) >= 11 is 0. The Kier molecular flexibility index (Phi) is 5.64. The van der Waals surface area contributed by atoms with Crippen LogP contribution in [0.1, 0.15) is 0 Å². The van der Waals surface area contributed by atoms with Crippen molar-refractivity contribution < 1.29 is 4.39 Å². The van der Waals surface area contributed by atoms with Crippen molar-refractivity contribution in [3.05, 3.63) is 152 Å². The molecule has 2 aromatic heterocycles. The van der Waals surface area contributed by atoms with Gasteiger partial charge in [-0.3, -0.25) is 4.57 Å². The second-order valence-electron chi connectivity index (χ2n) is 10.4. The van der Waals surface area contributed by atoms with Crippen LogP contribution in [0.2, 0.25) is 0 Å². The summed E-state index contributed by atoms with van der Waals surface area (Å²) in [5.74, 6) is 0.400. The van der Waals surface area contributed by atoms with E-state index in [0.717, 1.165) is 38.9 Å². The third-order valence-corrected chi connectivity index (χ3v) is 8.00. The van der Waals surface area contributed by atoms with Gasteiger partial charge < -0.3 is 0 Å². The number of hydrogen-bond acceptors (Lipinski definition) is 2. The van der Waals surface area contributed by atoms with Crippen molar-refractivity contribution in [1.82, 2.24) is 14.5 Å². The largest absolute Gasteiger partial charge is 0.277 e. The van der Waals surface area contributed by atoms with Gasteiger partial charge in [0.2, 0.25) is 5.95 Å². The third kappa shape index (κ3) is 3.96. The lowest BCUT2D eigenvalue weighted by molar-refractivity contribution is 0.632. The molecule has 0 saturated carbocycles. The quantitative estimate of drug-likeness (QED) is 0.222. The minimum atomic E-state index is -0.232. The molecule has 4 heteroatoms. The van der Waals surface area contributed by atoms with Crippen molar-refractivity contribution in [3.63, 3.8) is 0 Å². The van der Waals surface area contributed by atoms with E-state index in [4.69, 9.17) is 9.97 Å². The standard InChI is InChI=1S/C38H24FN3/c39-35-22-29(19-20-31(35)27-8-2-1-3-9-27)25-14-16-26(17-15-25)30-23-40-38(41-24-30)42-36-13-7-6-12-33(36)34-21-18-28-10-4-5-11-32(28)37(34)42/h1-24H. The van der Waals surface area contributed by atoms with E-state index in [-0.39, 0.29) is 5.82 Å². The van der Waals surface area contributed by atoms with E-state index in [9.17, 15) is 4.39 Å². The number of halogens is 1. The van der Waals surface area contributed by atoms with Crippen molar-refractivity contribution in [2.75, 3.05) is 0 Å². The van der Waals surface area contributed by atoms with Crippen molar-refractivity contribution in [1.29, 1.82) is 0 Å². The van der Waals surface area contributed by atoms with Crippen LogP contribution >= 0.6 is 0 Å². The first kappa shape index (κ1) is 24.2. The zero-order valence-electron chi connectivity index (χ0n) is 22.6. The van der Waals surface area contributed by atoms with Crippen LogP contribution in [0.5, 0.6) is 0 Å². The molecule has 0 radical (unpaired) electrons. The van der Waals surface area contributed by atoms with E-state index in [1.165, 1.54) is 21.5 Å². The second kappa shape index (κ2) is 9.79. The van der Waals surface area contributed by atoms with E-state index in [1.807, 2.05) is 79.1 Å². The molecule has 6 aromatic carbocycles. The number of aromatic nitrogens is 3. The fraction of sp³-hybridized carbons (Fsp3) is 0. The molecule has 0 atom stereocenters. The SMILES string of the molecule is Fc1cc(-c2ccc(-c3cnc(-n4c5ccccc5c5ccc6ccccc6c54)nc3)cc2)ccc1-c1ccccc1. The summed E-state index contributed by atoms with van der Waals surface area (Å²) < 4.78 is 17.1. The highest BCUT2D eigenvalue weighted by molar-refractivity contribution is 6.18. The highest BCUT2D eigenvalue weighted by atomic mass is 19.1. The Bertz CT molecular complexity index is 2230. The molecular weight excluding hydrogens is 517 g/mol. The van der Waals surface area contributed by atoms with Crippen LogP contribution < -0.4 is 0 Å². The van der Waals surface area contributed by atoms with Gasteiger partial charge in [0.15, 0.2) is 0 Å². The Morgan fingerprint density at radius 2 is 1.12 bits per heavy atom. The molecule has 2 heterocycles. The molecule has 0 amide bonds. The van der Waals surface area contributed by atoms with Gasteiger partial charge >= 0.3 is 0 Å². The zero-order valence-corrected chi connectivity index (χ0v) is 22.6. The molecule has 198 valence electrons. The predicted octanol–water partition coefficient (Wildman–Crippen LogP) is 9.87. The molecule has 3 nitrogen and oxygen atoms in total. The Hall–Kier alpha value is -5.61. The van der Waals surface area contributed by atoms with Crippen LogP contribution in [0.25, 0.3) is 71.9 Å². The Labute approximate surface area is 242 Å². The number of fused-ring (bicyclic) bond motifs is 5. The lowest BCUT2D eigenvalue weighted by atomic mass is 9.98. The summed E-state index contributed by atoms with van der Waals surface area (Å²) in [5.41, 5.74) is 7.36. The molecule has 0 N–H and O–H groups in total. The molecule has 8 aromatic rings. The number of benzene rings is 6. The van der Waals surface area contributed by atoms with Gasteiger partial charge in [0.05, 0.1) is 11.0 Å². The molecule has 0 bridgehead atoms. The minimum Gasteiger partial charge on any atom is -0.277 e. The van der Waals surface area contributed by atoms with E-state index < -0.39 is 0 Å². The third-order valence-electron chi connectivity index (χ3n) is 8.00. The number of para-hydroxylation sites is 1. The molecule has 0 aliphatic rings. The van der Waals surface area contributed by atoms with Crippen molar-refractivity contribution in [2.45, 2.75) is 0 Å². The van der Waals surface area contributed by atoms with Crippen LogP contribution in [0.4, 0.5) is 4.39 Å². The fourth-order valence-corrected chi connectivity index (χ4v) is 5.93. The summed E-state index contributed by atoms with van der Waals surface area (Å²) in [6, 6.07) is 44.3. The van der Waals surface area contributed by atoms with Gasteiger partial charge in [-0.2, -0.15) is 0 Å². The summed E-state index contributed by atoms with van der Waals surface area (Å²) in [6.07, 6.45) is 3.74. The lowest BCUT2D eigenvalue weighted by Crippen LogP contribution is -2.01.